The Morgan fingerprint density at radius 2 is 2.04 bits per heavy atom. The number of furan rings is 1. The van der Waals surface area contributed by atoms with E-state index in [-0.39, 0.29) is 5.91 Å². The quantitative estimate of drug-likeness (QED) is 0.761. The van der Waals surface area contributed by atoms with Gasteiger partial charge in [-0.25, -0.2) is 0 Å². The van der Waals surface area contributed by atoms with Crippen LogP contribution >= 0.6 is 0 Å². The number of aromatic nitrogens is 2. The van der Waals surface area contributed by atoms with Gasteiger partial charge in [0, 0.05) is 25.2 Å². The molecule has 0 atom stereocenters. The third-order valence-electron chi connectivity index (χ3n) is 3.61. The first-order valence-corrected chi connectivity index (χ1v) is 7.59. The van der Waals surface area contributed by atoms with Crippen molar-refractivity contribution in [2.45, 2.75) is 19.4 Å². The standard InChI is InChI=1S/C18H19N3O2/c1-21-13-15(18(20-21)14-6-3-2-4-7-14)9-10-17(22)19-12-16-8-5-11-23-16/h2-8,11,13H,9-10,12H2,1H3,(H,19,22). The van der Waals surface area contributed by atoms with E-state index >= 15 is 0 Å². The largest absolute Gasteiger partial charge is 0.467 e. The number of hydrogen-bond donors (Lipinski definition) is 1. The van der Waals surface area contributed by atoms with Gasteiger partial charge in [0.1, 0.15) is 5.76 Å². The van der Waals surface area contributed by atoms with Crippen molar-refractivity contribution in [3.63, 3.8) is 0 Å². The predicted molar refractivity (Wildman–Crippen MR) is 87.5 cm³/mol. The highest BCUT2D eigenvalue weighted by atomic mass is 16.3. The number of carbonyl (C=O) groups excluding carboxylic acids is 1. The average molecular weight is 309 g/mol. The monoisotopic (exact) mass is 309 g/mol. The Labute approximate surface area is 134 Å². The number of benzene rings is 1. The molecule has 5 nitrogen and oxygen atoms in total. The van der Waals surface area contributed by atoms with Gasteiger partial charge in [-0.05, 0) is 24.1 Å². The molecule has 3 rings (SSSR count). The van der Waals surface area contributed by atoms with Gasteiger partial charge in [0.25, 0.3) is 0 Å². The van der Waals surface area contributed by atoms with Crippen LogP contribution in [0.3, 0.4) is 0 Å². The molecule has 2 heterocycles. The van der Waals surface area contributed by atoms with Gasteiger partial charge in [0.2, 0.25) is 5.91 Å². The van der Waals surface area contributed by atoms with Crippen LogP contribution in [0.15, 0.2) is 59.3 Å². The Bertz CT molecular complexity index is 761. The molecular formula is C18H19N3O2. The van der Waals surface area contributed by atoms with Crippen molar-refractivity contribution < 1.29 is 9.21 Å². The minimum Gasteiger partial charge on any atom is -0.467 e. The van der Waals surface area contributed by atoms with Crippen LogP contribution in [0.25, 0.3) is 11.3 Å². The van der Waals surface area contributed by atoms with Crippen LogP contribution in [0.5, 0.6) is 0 Å². The SMILES string of the molecule is Cn1cc(CCC(=O)NCc2ccco2)c(-c2ccccc2)n1. The number of nitrogens with one attached hydrogen (secondary N) is 1. The van der Waals surface area contributed by atoms with Gasteiger partial charge in [0.15, 0.2) is 0 Å². The fraction of sp³-hybridized carbons (Fsp3) is 0.222. The Morgan fingerprint density at radius 1 is 1.22 bits per heavy atom. The molecule has 0 spiro atoms. The van der Waals surface area contributed by atoms with E-state index in [9.17, 15) is 4.79 Å². The lowest BCUT2D eigenvalue weighted by atomic mass is 10.0. The lowest BCUT2D eigenvalue weighted by Gasteiger charge is -2.04. The van der Waals surface area contributed by atoms with E-state index in [2.05, 4.69) is 10.4 Å². The minimum absolute atomic E-state index is 0.00395. The summed E-state index contributed by atoms with van der Waals surface area (Å²) in [7, 11) is 1.90. The third kappa shape index (κ3) is 3.88. The predicted octanol–water partition coefficient (Wildman–Crippen LogP) is 2.93. The second kappa shape index (κ2) is 6.96. The zero-order valence-electron chi connectivity index (χ0n) is 13.0. The molecule has 0 aliphatic heterocycles. The number of carbonyl (C=O) groups is 1. The van der Waals surface area contributed by atoms with Crippen LogP contribution in [-0.2, 0) is 24.8 Å². The second-order valence-electron chi connectivity index (χ2n) is 5.40. The van der Waals surface area contributed by atoms with Gasteiger partial charge in [0.05, 0.1) is 18.5 Å². The molecule has 0 radical (unpaired) electrons. The maximum absolute atomic E-state index is 12.0. The molecule has 23 heavy (non-hydrogen) atoms. The molecule has 2 aromatic heterocycles. The van der Waals surface area contributed by atoms with Gasteiger partial charge < -0.3 is 9.73 Å². The van der Waals surface area contributed by atoms with Crippen molar-refractivity contribution in [3.05, 3.63) is 66.2 Å². The van der Waals surface area contributed by atoms with Gasteiger partial charge in [-0.1, -0.05) is 30.3 Å². The summed E-state index contributed by atoms with van der Waals surface area (Å²) in [5.41, 5.74) is 3.08. The Hall–Kier alpha value is -2.82. The fourth-order valence-electron chi connectivity index (χ4n) is 2.50. The summed E-state index contributed by atoms with van der Waals surface area (Å²) < 4.78 is 6.99. The van der Waals surface area contributed by atoms with Gasteiger partial charge in [-0.2, -0.15) is 5.10 Å². The zero-order chi connectivity index (χ0) is 16.1. The van der Waals surface area contributed by atoms with Crippen molar-refractivity contribution in [1.82, 2.24) is 15.1 Å². The lowest BCUT2D eigenvalue weighted by Crippen LogP contribution is -2.22. The molecule has 0 fully saturated rings. The molecule has 1 aromatic carbocycles. The van der Waals surface area contributed by atoms with Crippen molar-refractivity contribution in [2.75, 3.05) is 0 Å². The molecule has 0 bridgehead atoms. The van der Waals surface area contributed by atoms with Crippen LogP contribution in [0, 0.1) is 0 Å². The molecule has 5 heteroatoms. The summed E-state index contributed by atoms with van der Waals surface area (Å²) >= 11 is 0. The third-order valence-corrected chi connectivity index (χ3v) is 3.61. The van der Waals surface area contributed by atoms with Crippen LogP contribution in [-0.4, -0.2) is 15.7 Å². The summed E-state index contributed by atoms with van der Waals surface area (Å²) in [6.45, 7) is 0.421. The highest BCUT2D eigenvalue weighted by Gasteiger charge is 2.11. The average Bonchev–Trinajstić information content (AvgIpc) is 3.21. The van der Waals surface area contributed by atoms with E-state index in [4.69, 9.17) is 4.42 Å². The van der Waals surface area contributed by atoms with Gasteiger partial charge in [-0.3, -0.25) is 9.48 Å². The summed E-state index contributed by atoms with van der Waals surface area (Å²) in [6, 6.07) is 13.7. The van der Waals surface area contributed by atoms with Gasteiger partial charge in [-0.15, -0.1) is 0 Å². The molecule has 0 aliphatic rings. The Balaban J connectivity index is 1.61. The molecule has 0 saturated heterocycles. The number of aryl methyl sites for hydroxylation is 2. The Kier molecular flexibility index (Phi) is 4.57. The van der Waals surface area contributed by atoms with Crippen LogP contribution in [0.2, 0.25) is 0 Å². The first kappa shape index (κ1) is 15.1. The molecule has 0 unspecified atom stereocenters. The van der Waals surface area contributed by atoms with E-state index in [0.717, 1.165) is 22.6 Å². The molecule has 1 N–H and O–H groups in total. The van der Waals surface area contributed by atoms with E-state index in [0.29, 0.717) is 19.4 Å². The summed E-state index contributed by atoms with van der Waals surface area (Å²) in [6.07, 6.45) is 4.65. The molecule has 0 saturated carbocycles. The van der Waals surface area contributed by atoms with Crippen LogP contribution in [0.4, 0.5) is 0 Å². The molecule has 118 valence electrons. The van der Waals surface area contributed by atoms with E-state index in [1.807, 2.05) is 55.7 Å². The van der Waals surface area contributed by atoms with E-state index in [1.165, 1.54) is 0 Å². The van der Waals surface area contributed by atoms with Crippen LogP contribution in [0.1, 0.15) is 17.7 Å². The molecule has 1 amide bonds. The Morgan fingerprint density at radius 3 is 2.78 bits per heavy atom. The molecular weight excluding hydrogens is 290 g/mol. The maximum Gasteiger partial charge on any atom is 0.220 e. The summed E-state index contributed by atoms with van der Waals surface area (Å²) in [5, 5.41) is 7.38. The maximum atomic E-state index is 12.0. The topological polar surface area (TPSA) is 60.1 Å². The fourth-order valence-corrected chi connectivity index (χ4v) is 2.50. The molecule has 3 aromatic rings. The summed E-state index contributed by atoms with van der Waals surface area (Å²) in [4.78, 5) is 12.0. The first-order valence-electron chi connectivity index (χ1n) is 7.59. The van der Waals surface area contributed by atoms with Crippen molar-refractivity contribution in [1.29, 1.82) is 0 Å². The minimum atomic E-state index is 0.00395. The number of rotatable bonds is 6. The zero-order valence-corrected chi connectivity index (χ0v) is 13.0. The smallest absolute Gasteiger partial charge is 0.220 e. The van der Waals surface area contributed by atoms with E-state index < -0.39 is 0 Å². The number of amides is 1. The van der Waals surface area contributed by atoms with E-state index in [1.54, 1.807) is 10.9 Å². The molecule has 0 aliphatic carbocycles. The van der Waals surface area contributed by atoms with Crippen LogP contribution < -0.4 is 5.32 Å². The number of hydrogen-bond acceptors (Lipinski definition) is 3. The summed E-state index contributed by atoms with van der Waals surface area (Å²) in [5.74, 6) is 0.758. The van der Waals surface area contributed by atoms with Crippen molar-refractivity contribution >= 4 is 5.91 Å². The highest BCUT2D eigenvalue weighted by Crippen LogP contribution is 2.22. The lowest BCUT2D eigenvalue weighted by molar-refractivity contribution is -0.121. The van der Waals surface area contributed by atoms with Crippen molar-refractivity contribution in [2.24, 2.45) is 7.05 Å². The first-order chi connectivity index (χ1) is 11.2. The normalized spacial score (nSPS) is 10.7. The highest BCUT2D eigenvalue weighted by molar-refractivity contribution is 5.76. The van der Waals surface area contributed by atoms with Gasteiger partial charge >= 0.3 is 0 Å². The number of nitrogens with zero attached hydrogens (tertiary/aromatic N) is 2. The van der Waals surface area contributed by atoms with Crippen molar-refractivity contribution in [3.8, 4) is 11.3 Å². The second-order valence-corrected chi connectivity index (χ2v) is 5.40.